The first-order valence-electron chi connectivity index (χ1n) is 8.37. The largest absolute Gasteiger partial charge is 0.456 e. The first kappa shape index (κ1) is 19.9. The van der Waals surface area contributed by atoms with E-state index < -0.39 is 18.9 Å². The predicted octanol–water partition coefficient (Wildman–Crippen LogP) is 3.69. The molecule has 0 saturated carbocycles. The zero-order chi connectivity index (χ0) is 20.1. The van der Waals surface area contributed by atoms with E-state index in [0.717, 1.165) is 0 Å². The van der Waals surface area contributed by atoms with Gasteiger partial charge in [-0.3, -0.25) is 4.57 Å². The molecule has 2 aromatic heterocycles. The topological polar surface area (TPSA) is 115 Å². The van der Waals surface area contributed by atoms with E-state index in [1.165, 1.54) is 12.3 Å². The quantitative estimate of drug-likeness (QED) is 0.432. The van der Waals surface area contributed by atoms with Crippen LogP contribution < -0.4 is 11.2 Å². The number of nitrogens with zero attached hydrogens (tertiary/aromatic N) is 2. The lowest BCUT2D eigenvalue weighted by atomic mass is 10.1. The molecule has 3 rings (SSSR count). The second-order valence-corrected chi connectivity index (χ2v) is 8.57. The molecule has 0 atom stereocenters. The smallest absolute Gasteiger partial charge is 0.391 e. The number of fused-ring (bicyclic) bond motifs is 1. The lowest BCUT2D eigenvalue weighted by Gasteiger charge is -2.15. The van der Waals surface area contributed by atoms with Crippen molar-refractivity contribution < 1.29 is 23.2 Å². The lowest BCUT2D eigenvalue weighted by molar-refractivity contribution is 0.376. The molecule has 1 aromatic carbocycles. The van der Waals surface area contributed by atoms with Crippen molar-refractivity contribution in [2.24, 2.45) is 5.92 Å². The van der Waals surface area contributed by atoms with Gasteiger partial charge in [0.05, 0.1) is 28.1 Å². The molecule has 27 heavy (non-hydrogen) atoms. The molecule has 3 aromatic rings. The van der Waals surface area contributed by atoms with E-state index in [9.17, 15) is 18.7 Å². The number of imidazole rings is 1. The summed E-state index contributed by atoms with van der Waals surface area (Å²) in [5.74, 6) is -0.334. The Hall–Kier alpha value is -1.86. The molecule has 0 fully saturated rings. The highest BCUT2D eigenvalue weighted by Gasteiger charge is 2.31. The number of anilines is 1. The molecule has 0 unspecified atom stereocenters. The van der Waals surface area contributed by atoms with Crippen molar-refractivity contribution in [3.8, 4) is 11.4 Å². The molecule has 0 aliphatic heterocycles. The Kier molecular flexibility index (Phi) is 5.12. The fourth-order valence-electron chi connectivity index (χ4n) is 3.17. The monoisotopic (exact) mass is 415 g/mol. The van der Waals surface area contributed by atoms with E-state index in [1.807, 2.05) is 20.8 Å². The first-order chi connectivity index (χ1) is 12.6. The van der Waals surface area contributed by atoms with Crippen LogP contribution in [0.15, 0.2) is 16.7 Å². The van der Waals surface area contributed by atoms with Gasteiger partial charge in [-0.1, -0.05) is 32.4 Å². The number of halogens is 2. The van der Waals surface area contributed by atoms with E-state index in [-0.39, 0.29) is 33.5 Å². The highest BCUT2D eigenvalue weighted by atomic mass is 35.5. The van der Waals surface area contributed by atoms with Crippen LogP contribution in [0.4, 0.5) is 10.1 Å². The van der Waals surface area contributed by atoms with Crippen LogP contribution in [0, 0.1) is 11.7 Å². The lowest BCUT2D eigenvalue weighted by Crippen LogP contribution is -2.11. The SMILES string of the molecule is CCc1c(Cl)c(F)c(N)c2nc(-c3ccoc3P(=O)(O)O)n(CC(C)C)c12. The van der Waals surface area contributed by atoms with Crippen LogP contribution in [0.25, 0.3) is 22.4 Å². The van der Waals surface area contributed by atoms with Crippen molar-refractivity contribution >= 4 is 41.4 Å². The van der Waals surface area contributed by atoms with Gasteiger partial charge in [0, 0.05) is 6.54 Å². The zero-order valence-electron chi connectivity index (χ0n) is 15.0. The third-order valence-corrected chi connectivity index (χ3v) is 5.52. The summed E-state index contributed by atoms with van der Waals surface area (Å²) in [6, 6.07) is 1.42. The van der Waals surface area contributed by atoms with E-state index in [1.54, 1.807) is 4.57 Å². The minimum atomic E-state index is -4.67. The van der Waals surface area contributed by atoms with E-state index >= 15 is 0 Å². The van der Waals surface area contributed by atoms with Gasteiger partial charge < -0.3 is 24.5 Å². The molecular weight excluding hydrogens is 396 g/mol. The Morgan fingerprint density at radius 2 is 2.11 bits per heavy atom. The fraction of sp³-hybridized carbons (Fsp3) is 0.353. The average molecular weight is 416 g/mol. The Morgan fingerprint density at radius 3 is 2.67 bits per heavy atom. The van der Waals surface area contributed by atoms with Crippen LogP contribution in [0.5, 0.6) is 0 Å². The molecule has 0 spiro atoms. The van der Waals surface area contributed by atoms with Crippen molar-refractivity contribution in [1.29, 1.82) is 0 Å². The average Bonchev–Trinajstić information content (AvgIpc) is 3.18. The summed E-state index contributed by atoms with van der Waals surface area (Å²) in [7, 11) is -4.67. The Morgan fingerprint density at radius 1 is 1.44 bits per heavy atom. The van der Waals surface area contributed by atoms with Gasteiger partial charge in [0.2, 0.25) is 5.50 Å². The van der Waals surface area contributed by atoms with Crippen molar-refractivity contribution in [2.75, 3.05) is 5.73 Å². The molecule has 0 aliphatic carbocycles. The number of aromatic nitrogens is 2. The van der Waals surface area contributed by atoms with Gasteiger partial charge in [-0.2, -0.15) is 0 Å². The van der Waals surface area contributed by atoms with E-state index in [0.29, 0.717) is 24.0 Å². The molecule has 0 saturated heterocycles. The van der Waals surface area contributed by atoms with Crippen molar-refractivity contribution in [3.63, 3.8) is 0 Å². The Bertz CT molecular complexity index is 1070. The van der Waals surface area contributed by atoms with Gasteiger partial charge in [-0.15, -0.1) is 0 Å². The minimum Gasteiger partial charge on any atom is -0.456 e. The summed E-state index contributed by atoms with van der Waals surface area (Å²) in [4.78, 5) is 23.6. The van der Waals surface area contributed by atoms with Crippen molar-refractivity contribution in [1.82, 2.24) is 9.55 Å². The Balaban J connectivity index is 2.46. The molecule has 0 aliphatic rings. The summed E-state index contributed by atoms with van der Waals surface area (Å²) >= 11 is 6.19. The highest BCUT2D eigenvalue weighted by molar-refractivity contribution is 7.60. The number of furan rings is 1. The zero-order valence-corrected chi connectivity index (χ0v) is 16.7. The molecule has 0 bridgehead atoms. The number of aryl methyl sites for hydroxylation is 1. The molecule has 2 heterocycles. The fourth-order valence-corrected chi connectivity index (χ4v) is 4.18. The molecule has 4 N–H and O–H groups in total. The molecule has 10 heteroatoms. The third-order valence-electron chi connectivity index (χ3n) is 4.25. The second-order valence-electron chi connectivity index (χ2n) is 6.69. The van der Waals surface area contributed by atoms with Gasteiger partial charge in [0.1, 0.15) is 11.3 Å². The minimum absolute atomic E-state index is 0.0682. The number of nitrogens with two attached hydrogens (primary N) is 1. The maximum atomic E-state index is 14.5. The van der Waals surface area contributed by atoms with Gasteiger partial charge in [-0.05, 0) is 24.0 Å². The van der Waals surface area contributed by atoms with E-state index in [2.05, 4.69) is 4.98 Å². The van der Waals surface area contributed by atoms with Gasteiger partial charge in [0.15, 0.2) is 5.82 Å². The van der Waals surface area contributed by atoms with Crippen molar-refractivity contribution in [2.45, 2.75) is 33.7 Å². The molecule has 0 amide bonds. The van der Waals surface area contributed by atoms with Crippen LogP contribution in [-0.2, 0) is 17.5 Å². The third kappa shape index (κ3) is 3.27. The first-order valence-corrected chi connectivity index (χ1v) is 10.4. The van der Waals surface area contributed by atoms with Crippen LogP contribution in [0.1, 0.15) is 26.3 Å². The highest BCUT2D eigenvalue weighted by Crippen LogP contribution is 2.41. The van der Waals surface area contributed by atoms with Gasteiger partial charge >= 0.3 is 7.60 Å². The predicted molar refractivity (Wildman–Crippen MR) is 103 cm³/mol. The number of hydrogen-bond donors (Lipinski definition) is 3. The number of rotatable bonds is 5. The number of nitrogen functional groups attached to an aromatic ring is 1. The van der Waals surface area contributed by atoms with Gasteiger partial charge in [0.25, 0.3) is 0 Å². The maximum Gasteiger partial charge on any atom is 0.391 e. The number of hydrogen-bond acceptors (Lipinski definition) is 4. The Labute approximate surface area is 160 Å². The maximum absolute atomic E-state index is 14.5. The summed E-state index contributed by atoms with van der Waals surface area (Å²) in [6.07, 6.45) is 1.62. The standard InChI is InChI=1S/C17H20ClFN3O4P/c1-4-9-11(18)12(19)13(20)14-15(9)22(7-8(2)3)16(21-14)10-5-6-26-17(10)27(23,24)25/h5-6,8H,4,7,20H2,1-3H3,(H2,23,24,25). The molecule has 7 nitrogen and oxygen atoms in total. The van der Waals surface area contributed by atoms with Crippen molar-refractivity contribution in [3.05, 3.63) is 28.7 Å². The van der Waals surface area contributed by atoms with Crippen LogP contribution in [0.2, 0.25) is 5.02 Å². The molecule has 0 radical (unpaired) electrons. The summed E-state index contributed by atoms with van der Waals surface area (Å²) in [5.41, 5.74) is 6.68. The van der Waals surface area contributed by atoms with E-state index in [4.69, 9.17) is 21.8 Å². The molecular formula is C17H20ClFN3O4P. The van der Waals surface area contributed by atoms with Gasteiger partial charge in [-0.25, -0.2) is 9.37 Å². The summed E-state index contributed by atoms with van der Waals surface area (Å²) in [6.45, 7) is 6.26. The second kappa shape index (κ2) is 6.95. The number of benzene rings is 1. The normalized spacial score (nSPS) is 12.4. The van der Waals surface area contributed by atoms with Crippen LogP contribution in [0.3, 0.4) is 0 Å². The summed E-state index contributed by atoms with van der Waals surface area (Å²) < 4.78 is 33.1. The molecule has 146 valence electrons. The van der Waals surface area contributed by atoms with Crippen LogP contribution in [-0.4, -0.2) is 19.3 Å². The van der Waals surface area contributed by atoms with Crippen LogP contribution >= 0.6 is 19.2 Å². The summed E-state index contributed by atoms with van der Waals surface area (Å²) in [5, 5.41) is -0.0682.